The molecule has 1 atom stereocenters. The zero-order chi connectivity index (χ0) is 16.5. The van der Waals surface area contributed by atoms with E-state index in [9.17, 15) is 4.79 Å². The molecule has 0 aliphatic carbocycles. The SMILES string of the molecule is Cc1ccc2c(CN3CCC[C@@H](c4ncc[nH]4)C3)cc(=O)oc2c1. The molecule has 3 heterocycles. The van der Waals surface area contributed by atoms with E-state index in [0.717, 1.165) is 54.8 Å². The minimum absolute atomic E-state index is 0.275. The Labute approximate surface area is 140 Å². The summed E-state index contributed by atoms with van der Waals surface area (Å²) in [5, 5.41) is 1.03. The molecule has 124 valence electrons. The summed E-state index contributed by atoms with van der Waals surface area (Å²) in [4.78, 5) is 22.0. The molecule has 2 aromatic heterocycles. The van der Waals surface area contributed by atoms with Gasteiger partial charge in [0.15, 0.2) is 0 Å². The third-order valence-corrected chi connectivity index (χ3v) is 4.79. The van der Waals surface area contributed by atoms with E-state index in [1.807, 2.05) is 25.4 Å². The number of hydrogen-bond acceptors (Lipinski definition) is 4. The van der Waals surface area contributed by atoms with E-state index < -0.39 is 0 Å². The van der Waals surface area contributed by atoms with E-state index >= 15 is 0 Å². The van der Waals surface area contributed by atoms with Gasteiger partial charge in [-0.15, -0.1) is 0 Å². The van der Waals surface area contributed by atoms with Crippen molar-refractivity contribution in [2.24, 2.45) is 0 Å². The van der Waals surface area contributed by atoms with E-state index in [2.05, 4.69) is 27.0 Å². The van der Waals surface area contributed by atoms with Gasteiger partial charge in [0.1, 0.15) is 11.4 Å². The van der Waals surface area contributed by atoms with Crippen LogP contribution in [0.2, 0.25) is 0 Å². The second-order valence-electron chi connectivity index (χ2n) is 6.64. The van der Waals surface area contributed by atoms with Gasteiger partial charge < -0.3 is 9.40 Å². The molecule has 0 bridgehead atoms. The zero-order valence-electron chi connectivity index (χ0n) is 13.8. The van der Waals surface area contributed by atoms with E-state index in [1.54, 1.807) is 6.07 Å². The minimum atomic E-state index is -0.275. The fraction of sp³-hybridized carbons (Fsp3) is 0.368. The lowest BCUT2D eigenvalue weighted by molar-refractivity contribution is 0.197. The molecule has 1 aliphatic heterocycles. The number of H-pyrrole nitrogens is 1. The number of rotatable bonds is 3. The average molecular weight is 323 g/mol. The second-order valence-corrected chi connectivity index (χ2v) is 6.64. The number of aryl methyl sites for hydroxylation is 1. The maximum Gasteiger partial charge on any atom is 0.336 e. The Kier molecular flexibility index (Phi) is 3.94. The summed E-state index contributed by atoms with van der Waals surface area (Å²) < 4.78 is 5.36. The van der Waals surface area contributed by atoms with Gasteiger partial charge in [-0.3, -0.25) is 4.90 Å². The van der Waals surface area contributed by atoms with E-state index in [1.165, 1.54) is 0 Å². The topological polar surface area (TPSA) is 62.1 Å². The van der Waals surface area contributed by atoms with Crippen LogP contribution in [0.5, 0.6) is 0 Å². The maximum absolute atomic E-state index is 11.9. The summed E-state index contributed by atoms with van der Waals surface area (Å²) in [7, 11) is 0. The van der Waals surface area contributed by atoms with E-state index in [4.69, 9.17) is 4.42 Å². The Hall–Kier alpha value is -2.40. The minimum Gasteiger partial charge on any atom is -0.423 e. The third kappa shape index (κ3) is 2.99. The normalized spacial score (nSPS) is 19.0. The van der Waals surface area contributed by atoms with Crippen molar-refractivity contribution in [1.29, 1.82) is 0 Å². The molecule has 0 spiro atoms. The monoisotopic (exact) mass is 323 g/mol. The first kappa shape index (κ1) is 15.1. The first-order valence-corrected chi connectivity index (χ1v) is 8.44. The molecule has 1 fully saturated rings. The highest BCUT2D eigenvalue weighted by Crippen LogP contribution is 2.27. The quantitative estimate of drug-likeness (QED) is 0.752. The molecule has 5 nitrogen and oxygen atoms in total. The van der Waals surface area contributed by atoms with Crippen LogP contribution in [-0.2, 0) is 6.54 Å². The molecule has 4 rings (SSSR count). The number of fused-ring (bicyclic) bond motifs is 1. The van der Waals surface area contributed by atoms with Crippen molar-refractivity contribution < 1.29 is 4.42 Å². The number of aromatic amines is 1. The number of hydrogen-bond donors (Lipinski definition) is 1. The first-order valence-electron chi connectivity index (χ1n) is 8.44. The maximum atomic E-state index is 11.9. The highest BCUT2D eigenvalue weighted by Gasteiger charge is 2.23. The summed E-state index contributed by atoms with van der Waals surface area (Å²) in [5.74, 6) is 1.50. The van der Waals surface area contributed by atoms with Crippen molar-refractivity contribution >= 4 is 11.0 Å². The first-order chi connectivity index (χ1) is 11.7. The number of nitrogens with zero attached hydrogens (tertiary/aromatic N) is 2. The molecule has 24 heavy (non-hydrogen) atoms. The zero-order valence-corrected chi connectivity index (χ0v) is 13.8. The summed E-state index contributed by atoms with van der Waals surface area (Å²) >= 11 is 0. The highest BCUT2D eigenvalue weighted by molar-refractivity contribution is 5.80. The number of benzene rings is 1. The predicted octanol–water partition coefficient (Wildman–Crippen LogP) is 3.20. The summed E-state index contributed by atoms with van der Waals surface area (Å²) in [6.45, 7) is 4.78. The van der Waals surface area contributed by atoms with Gasteiger partial charge in [0.05, 0.1) is 0 Å². The molecule has 1 aliphatic rings. The van der Waals surface area contributed by atoms with Crippen LogP contribution in [0.25, 0.3) is 11.0 Å². The fourth-order valence-corrected chi connectivity index (χ4v) is 3.63. The number of nitrogens with one attached hydrogen (secondary N) is 1. The third-order valence-electron chi connectivity index (χ3n) is 4.79. The predicted molar refractivity (Wildman–Crippen MR) is 93.1 cm³/mol. The average Bonchev–Trinajstić information content (AvgIpc) is 3.09. The van der Waals surface area contributed by atoms with Gasteiger partial charge >= 0.3 is 5.63 Å². The van der Waals surface area contributed by atoms with Crippen LogP contribution < -0.4 is 5.63 Å². The van der Waals surface area contributed by atoms with Crippen molar-refractivity contribution in [2.75, 3.05) is 13.1 Å². The Morgan fingerprint density at radius 3 is 3.12 bits per heavy atom. The summed E-state index contributed by atoms with van der Waals surface area (Å²) in [6.07, 6.45) is 5.99. The lowest BCUT2D eigenvalue weighted by Crippen LogP contribution is -2.34. The van der Waals surface area contributed by atoms with Gasteiger partial charge in [0.25, 0.3) is 0 Å². The van der Waals surface area contributed by atoms with Gasteiger partial charge in [-0.05, 0) is 43.5 Å². The fourth-order valence-electron chi connectivity index (χ4n) is 3.63. The Bertz CT molecular complexity index is 899. The lowest BCUT2D eigenvalue weighted by atomic mass is 9.96. The number of piperidine rings is 1. The molecule has 0 amide bonds. The number of likely N-dealkylation sites (tertiary alicyclic amines) is 1. The van der Waals surface area contributed by atoms with E-state index in [0.29, 0.717) is 11.5 Å². The standard InChI is InChI=1S/C19H21N3O2/c1-13-4-5-16-15(10-18(23)24-17(16)9-13)12-22-8-2-3-14(11-22)19-20-6-7-21-19/h4-7,9-10,14H,2-3,8,11-12H2,1H3,(H,20,21)/t14-/m1/s1. The van der Waals surface area contributed by atoms with Crippen LogP contribution in [0.1, 0.15) is 35.7 Å². The van der Waals surface area contributed by atoms with Crippen LogP contribution in [0.3, 0.4) is 0 Å². The Balaban J connectivity index is 1.61. The Morgan fingerprint density at radius 1 is 1.38 bits per heavy atom. The summed E-state index contributed by atoms with van der Waals surface area (Å²) in [6, 6.07) is 7.68. The number of aromatic nitrogens is 2. The largest absolute Gasteiger partial charge is 0.423 e. The second kappa shape index (κ2) is 6.24. The van der Waals surface area contributed by atoms with Crippen LogP contribution in [0.4, 0.5) is 0 Å². The van der Waals surface area contributed by atoms with Crippen molar-refractivity contribution in [3.05, 3.63) is 64.0 Å². The van der Waals surface area contributed by atoms with E-state index in [-0.39, 0.29) is 5.63 Å². The van der Waals surface area contributed by atoms with Crippen LogP contribution >= 0.6 is 0 Å². The Morgan fingerprint density at radius 2 is 2.29 bits per heavy atom. The number of imidazole rings is 1. The highest BCUT2D eigenvalue weighted by atomic mass is 16.4. The lowest BCUT2D eigenvalue weighted by Gasteiger charge is -2.32. The summed E-state index contributed by atoms with van der Waals surface area (Å²) in [5.41, 5.74) is 2.54. The van der Waals surface area contributed by atoms with Crippen LogP contribution in [0, 0.1) is 6.92 Å². The molecule has 3 aromatic rings. The molecular formula is C19H21N3O2. The van der Waals surface area contributed by atoms with Crippen molar-refractivity contribution in [1.82, 2.24) is 14.9 Å². The molecule has 0 radical (unpaired) electrons. The van der Waals surface area contributed by atoms with Gasteiger partial charge in [-0.1, -0.05) is 12.1 Å². The molecule has 1 saturated heterocycles. The van der Waals surface area contributed by atoms with Crippen molar-refractivity contribution in [3.63, 3.8) is 0 Å². The van der Waals surface area contributed by atoms with Crippen LogP contribution in [-0.4, -0.2) is 28.0 Å². The smallest absolute Gasteiger partial charge is 0.336 e. The van der Waals surface area contributed by atoms with Gasteiger partial charge in [-0.2, -0.15) is 0 Å². The van der Waals surface area contributed by atoms with Gasteiger partial charge in [-0.25, -0.2) is 9.78 Å². The molecule has 1 N–H and O–H groups in total. The van der Waals surface area contributed by atoms with Crippen LogP contribution in [0.15, 0.2) is 45.9 Å². The molecule has 0 unspecified atom stereocenters. The van der Waals surface area contributed by atoms with Gasteiger partial charge in [0, 0.05) is 42.9 Å². The molecule has 0 saturated carbocycles. The molecular weight excluding hydrogens is 302 g/mol. The molecule has 5 heteroatoms. The van der Waals surface area contributed by atoms with Crippen molar-refractivity contribution in [2.45, 2.75) is 32.2 Å². The van der Waals surface area contributed by atoms with Crippen molar-refractivity contribution in [3.8, 4) is 0 Å². The molecule has 1 aromatic carbocycles. The van der Waals surface area contributed by atoms with Gasteiger partial charge in [0.2, 0.25) is 0 Å².